The van der Waals surface area contributed by atoms with Crippen molar-refractivity contribution in [3.63, 3.8) is 0 Å². The van der Waals surface area contributed by atoms with Gasteiger partial charge in [-0.3, -0.25) is 4.79 Å². The van der Waals surface area contributed by atoms with Crippen molar-refractivity contribution >= 4 is 5.91 Å². The molecule has 2 unspecified atom stereocenters. The summed E-state index contributed by atoms with van der Waals surface area (Å²) in [7, 11) is 0. The summed E-state index contributed by atoms with van der Waals surface area (Å²) in [4.78, 5) is 12.5. The van der Waals surface area contributed by atoms with E-state index in [2.05, 4.69) is 55.6 Å². The van der Waals surface area contributed by atoms with Gasteiger partial charge in [0, 0.05) is 6.42 Å². The lowest BCUT2D eigenvalue weighted by Crippen LogP contribution is -2.45. The first-order chi connectivity index (χ1) is 37.7. The number of hydrogen-bond acceptors (Lipinski definition) is 3. The van der Waals surface area contributed by atoms with Gasteiger partial charge in [0.05, 0.1) is 18.8 Å². The second-order valence-electron chi connectivity index (χ2n) is 24.0. The maximum Gasteiger partial charge on any atom is 0.220 e. The van der Waals surface area contributed by atoms with Crippen LogP contribution in [0.2, 0.25) is 0 Å². The lowest BCUT2D eigenvalue weighted by Gasteiger charge is -2.20. The summed E-state index contributed by atoms with van der Waals surface area (Å²) in [5.41, 5.74) is 0. The zero-order valence-electron chi connectivity index (χ0n) is 51.8. The Kier molecular flexibility index (Phi) is 66.2. The fourth-order valence-corrected chi connectivity index (χ4v) is 11.0. The molecule has 76 heavy (non-hydrogen) atoms. The van der Waals surface area contributed by atoms with Gasteiger partial charge in [0.1, 0.15) is 0 Å². The van der Waals surface area contributed by atoms with Crippen LogP contribution in [0.15, 0.2) is 48.6 Å². The minimum absolute atomic E-state index is 0.0567. The number of rotatable bonds is 65. The van der Waals surface area contributed by atoms with E-state index in [0.29, 0.717) is 6.42 Å². The van der Waals surface area contributed by atoms with Crippen molar-refractivity contribution in [3.05, 3.63) is 48.6 Å². The third kappa shape index (κ3) is 63.2. The average Bonchev–Trinajstić information content (AvgIpc) is 3.42. The molecule has 0 aromatic rings. The lowest BCUT2D eigenvalue weighted by atomic mass is 10.0. The van der Waals surface area contributed by atoms with E-state index >= 15 is 0 Å². The predicted octanol–water partition coefficient (Wildman–Crippen LogP) is 23.7. The number of amides is 1. The molecule has 0 aromatic heterocycles. The molecule has 0 saturated heterocycles. The van der Waals surface area contributed by atoms with Gasteiger partial charge in [0.25, 0.3) is 0 Å². The van der Waals surface area contributed by atoms with Crippen LogP contribution in [-0.4, -0.2) is 34.9 Å². The molecule has 0 bridgehead atoms. The monoisotopic (exact) mass is 1060 g/mol. The van der Waals surface area contributed by atoms with Gasteiger partial charge in [-0.25, -0.2) is 0 Å². The van der Waals surface area contributed by atoms with E-state index in [-0.39, 0.29) is 12.5 Å². The van der Waals surface area contributed by atoms with E-state index in [4.69, 9.17) is 0 Å². The first-order valence-corrected chi connectivity index (χ1v) is 34.9. The van der Waals surface area contributed by atoms with Crippen LogP contribution < -0.4 is 5.32 Å². The summed E-state index contributed by atoms with van der Waals surface area (Å²) in [5, 5.41) is 23.3. The highest BCUT2D eigenvalue weighted by molar-refractivity contribution is 5.76. The van der Waals surface area contributed by atoms with Crippen LogP contribution in [0.3, 0.4) is 0 Å². The van der Waals surface area contributed by atoms with E-state index in [1.807, 2.05) is 6.08 Å². The first kappa shape index (κ1) is 74.3. The number of hydrogen-bond donors (Lipinski definition) is 3. The van der Waals surface area contributed by atoms with Crippen LogP contribution in [0.5, 0.6) is 0 Å². The van der Waals surface area contributed by atoms with Crippen LogP contribution in [0.25, 0.3) is 0 Å². The van der Waals surface area contributed by atoms with Gasteiger partial charge < -0.3 is 15.5 Å². The number of aliphatic hydroxyl groups excluding tert-OH is 2. The van der Waals surface area contributed by atoms with Crippen LogP contribution in [0, 0.1) is 0 Å². The number of allylic oxidation sites excluding steroid dienone is 7. The van der Waals surface area contributed by atoms with Crippen molar-refractivity contribution in [2.75, 3.05) is 6.61 Å². The van der Waals surface area contributed by atoms with Crippen molar-refractivity contribution in [2.24, 2.45) is 0 Å². The maximum absolute atomic E-state index is 12.5. The van der Waals surface area contributed by atoms with E-state index < -0.39 is 12.1 Å². The Labute approximate surface area is 477 Å². The predicted molar refractivity (Wildman–Crippen MR) is 341 cm³/mol. The number of unbranched alkanes of at least 4 members (excludes halogenated alkanes) is 52. The smallest absolute Gasteiger partial charge is 0.220 e. The number of aliphatic hydroxyl groups is 2. The molecule has 0 aliphatic heterocycles. The number of carbonyl (C=O) groups is 1. The molecule has 4 nitrogen and oxygen atoms in total. The Morgan fingerprint density at radius 3 is 0.803 bits per heavy atom. The molecule has 0 fully saturated rings. The van der Waals surface area contributed by atoms with Gasteiger partial charge in [-0.15, -0.1) is 0 Å². The molecule has 1 amide bonds. The molecule has 448 valence electrons. The molecule has 0 heterocycles. The van der Waals surface area contributed by atoms with Gasteiger partial charge in [0.2, 0.25) is 5.91 Å². The lowest BCUT2D eigenvalue weighted by molar-refractivity contribution is -0.123. The van der Waals surface area contributed by atoms with E-state index in [1.165, 1.54) is 327 Å². The van der Waals surface area contributed by atoms with Crippen LogP contribution >= 0.6 is 0 Å². The van der Waals surface area contributed by atoms with Gasteiger partial charge in [-0.1, -0.05) is 371 Å². The molecule has 3 N–H and O–H groups in total. The summed E-state index contributed by atoms with van der Waals surface area (Å²) in [6, 6.07) is -0.623. The zero-order chi connectivity index (χ0) is 54.8. The number of carbonyl (C=O) groups excluding carboxylic acids is 1. The zero-order valence-corrected chi connectivity index (χ0v) is 51.8. The molecule has 4 heteroatoms. The Balaban J connectivity index is 3.43. The number of nitrogens with one attached hydrogen (secondary N) is 1. The van der Waals surface area contributed by atoms with Crippen molar-refractivity contribution in [1.82, 2.24) is 5.32 Å². The summed E-state index contributed by atoms with van der Waals surface area (Å²) in [5.74, 6) is -0.0567. The minimum atomic E-state index is -0.841. The molecule has 0 aromatic carbocycles. The molecule has 0 radical (unpaired) electrons. The van der Waals surface area contributed by atoms with Crippen molar-refractivity contribution in [1.29, 1.82) is 0 Å². The van der Waals surface area contributed by atoms with Gasteiger partial charge in [0.15, 0.2) is 0 Å². The second kappa shape index (κ2) is 67.6. The fraction of sp³-hybridized carbons (Fsp3) is 0.875. The van der Waals surface area contributed by atoms with E-state index in [9.17, 15) is 15.0 Å². The van der Waals surface area contributed by atoms with E-state index in [0.717, 1.165) is 38.5 Å². The van der Waals surface area contributed by atoms with Crippen LogP contribution in [-0.2, 0) is 4.79 Å². The molecule has 0 aliphatic rings. The topological polar surface area (TPSA) is 69.6 Å². The largest absolute Gasteiger partial charge is 0.394 e. The Morgan fingerprint density at radius 2 is 0.539 bits per heavy atom. The van der Waals surface area contributed by atoms with Crippen LogP contribution in [0.1, 0.15) is 386 Å². The standard InChI is InChI=1S/C72H137NO3/c1-3-5-7-9-11-13-15-17-19-21-23-25-27-29-31-33-34-35-36-37-38-40-42-44-46-48-50-52-54-56-58-60-62-64-66-68-72(76)73-70(69-74)71(75)67-65-63-61-59-57-55-53-51-49-47-45-43-41-39-32-30-28-26-24-22-20-18-16-14-12-10-8-6-4-2/h15,17,21,23,27,29,65,67,70-71,74-75H,3-14,16,18-20,22,24-26,28,30-64,66,68-69H2,1-2H3,(H,73,76)/b17-15-,23-21-,29-27-,67-65+. The average molecular weight is 1060 g/mol. The summed E-state index contributed by atoms with van der Waals surface area (Å²) >= 11 is 0. The normalized spacial score (nSPS) is 12.9. The quantitative estimate of drug-likeness (QED) is 0.0420. The molecule has 0 rings (SSSR count). The minimum Gasteiger partial charge on any atom is -0.394 e. The maximum atomic E-state index is 12.5. The molecule has 0 aliphatic carbocycles. The highest BCUT2D eigenvalue weighted by atomic mass is 16.3. The molecule has 0 spiro atoms. The Hall–Kier alpha value is -1.65. The van der Waals surface area contributed by atoms with Crippen molar-refractivity contribution in [3.8, 4) is 0 Å². The Bertz CT molecular complexity index is 1210. The SMILES string of the molecule is CCCCCCC/C=C\C/C=C\C/C=C\CCCCCCCCCCCCCCCCCCCCCCC(=O)NC(CO)C(O)/C=C/CCCCCCCCCCCCCCCCCCCCCCCCCCCCC. The van der Waals surface area contributed by atoms with Gasteiger partial charge in [-0.2, -0.15) is 0 Å². The highest BCUT2D eigenvalue weighted by Crippen LogP contribution is 2.19. The molecular weight excluding hydrogens is 927 g/mol. The highest BCUT2D eigenvalue weighted by Gasteiger charge is 2.18. The molecule has 0 saturated carbocycles. The summed E-state index contributed by atoms with van der Waals surface area (Å²) < 4.78 is 0. The fourth-order valence-electron chi connectivity index (χ4n) is 11.0. The first-order valence-electron chi connectivity index (χ1n) is 34.9. The summed E-state index contributed by atoms with van der Waals surface area (Å²) in [6.45, 7) is 4.34. The molecule has 2 atom stereocenters. The van der Waals surface area contributed by atoms with Gasteiger partial charge in [-0.05, 0) is 57.8 Å². The van der Waals surface area contributed by atoms with Crippen molar-refractivity contribution in [2.45, 2.75) is 398 Å². The van der Waals surface area contributed by atoms with Crippen LogP contribution in [0.4, 0.5) is 0 Å². The third-order valence-corrected chi connectivity index (χ3v) is 16.3. The van der Waals surface area contributed by atoms with Gasteiger partial charge >= 0.3 is 0 Å². The summed E-state index contributed by atoms with van der Waals surface area (Å²) in [6.07, 6.45) is 94.8. The third-order valence-electron chi connectivity index (χ3n) is 16.3. The van der Waals surface area contributed by atoms with Crippen molar-refractivity contribution < 1.29 is 15.0 Å². The second-order valence-corrected chi connectivity index (χ2v) is 24.0. The van der Waals surface area contributed by atoms with E-state index in [1.54, 1.807) is 6.08 Å². The Morgan fingerprint density at radius 1 is 0.316 bits per heavy atom. The molecular formula is C72H137NO3.